The Kier molecular flexibility index (Phi) is 10.1. The zero-order valence-electron chi connectivity index (χ0n) is 12.7. The Bertz CT molecular complexity index is 375. The van der Waals surface area contributed by atoms with Crippen LogP contribution in [0.15, 0.2) is 24.3 Å². The number of ether oxygens (including phenoxy) is 1. The number of benzene rings is 1. The number of ketones is 1. The minimum Gasteiger partial charge on any atom is -0.494 e. The quantitative estimate of drug-likeness (QED) is 0.649. The van der Waals surface area contributed by atoms with Gasteiger partial charge in [0, 0.05) is 18.5 Å². The topological polar surface area (TPSA) is 29.5 Å². The van der Waals surface area contributed by atoms with E-state index in [9.17, 15) is 4.79 Å². The standard InChI is InChI=1S/C16H25NO2.ClH/c1-4-13-19-15-9-7-14(8-10-15)16(18)11-12-17(5-2)6-3;/h7-10H,4-6,11-13H2,1-3H3;1H. The van der Waals surface area contributed by atoms with Gasteiger partial charge < -0.3 is 9.64 Å². The van der Waals surface area contributed by atoms with E-state index >= 15 is 0 Å². The maximum Gasteiger partial charge on any atom is 0.164 e. The van der Waals surface area contributed by atoms with Gasteiger partial charge in [0.1, 0.15) is 5.75 Å². The highest BCUT2D eigenvalue weighted by atomic mass is 35.5. The van der Waals surface area contributed by atoms with Crippen LogP contribution in [0.5, 0.6) is 5.75 Å². The van der Waals surface area contributed by atoms with Crippen molar-refractivity contribution >= 4 is 18.2 Å². The number of hydrogen-bond acceptors (Lipinski definition) is 3. The van der Waals surface area contributed by atoms with E-state index in [1.54, 1.807) is 0 Å². The van der Waals surface area contributed by atoms with E-state index < -0.39 is 0 Å². The Hall–Kier alpha value is -1.06. The summed E-state index contributed by atoms with van der Waals surface area (Å²) in [6.07, 6.45) is 1.57. The van der Waals surface area contributed by atoms with Crippen molar-refractivity contribution in [1.82, 2.24) is 4.90 Å². The monoisotopic (exact) mass is 299 g/mol. The lowest BCUT2D eigenvalue weighted by Gasteiger charge is -2.17. The molecule has 0 unspecified atom stereocenters. The highest BCUT2D eigenvalue weighted by Crippen LogP contribution is 2.14. The molecule has 114 valence electrons. The van der Waals surface area contributed by atoms with Crippen LogP contribution in [0.2, 0.25) is 0 Å². The zero-order valence-corrected chi connectivity index (χ0v) is 13.5. The van der Waals surface area contributed by atoms with Crippen molar-refractivity contribution in [2.75, 3.05) is 26.2 Å². The number of rotatable bonds is 9. The molecule has 0 aromatic heterocycles. The molecule has 0 spiro atoms. The van der Waals surface area contributed by atoms with Crippen LogP contribution in [-0.4, -0.2) is 36.9 Å². The third-order valence-corrected chi connectivity index (χ3v) is 3.20. The largest absolute Gasteiger partial charge is 0.494 e. The molecule has 0 aliphatic rings. The summed E-state index contributed by atoms with van der Waals surface area (Å²) in [6.45, 7) is 9.85. The van der Waals surface area contributed by atoms with Crippen molar-refractivity contribution in [1.29, 1.82) is 0 Å². The summed E-state index contributed by atoms with van der Waals surface area (Å²) in [5.74, 6) is 1.04. The van der Waals surface area contributed by atoms with Crippen molar-refractivity contribution in [3.63, 3.8) is 0 Å². The second kappa shape index (κ2) is 10.7. The lowest BCUT2D eigenvalue weighted by atomic mass is 10.1. The summed E-state index contributed by atoms with van der Waals surface area (Å²) in [4.78, 5) is 14.3. The molecule has 0 saturated heterocycles. The van der Waals surface area contributed by atoms with Gasteiger partial charge in [-0.25, -0.2) is 0 Å². The summed E-state index contributed by atoms with van der Waals surface area (Å²) in [5.41, 5.74) is 0.774. The number of carbonyl (C=O) groups is 1. The molecule has 1 aromatic rings. The fourth-order valence-corrected chi connectivity index (χ4v) is 1.90. The summed E-state index contributed by atoms with van der Waals surface area (Å²) in [6, 6.07) is 7.46. The van der Waals surface area contributed by atoms with E-state index in [1.165, 1.54) is 0 Å². The SMILES string of the molecule is CCCOc1ccc(C(=O)CCN(CC)CC)cc1.Cl. The maximum atomic E-state index is 12.0. The summed E-state index contributed by atoms with van der Waals surface area (Å²) < 4.78 is 5.50. The van der Waals surface area contributed by atoms with Crippen LogP contribution >= 0.6 is 12.4 Å². The Morgan fingerprint density at radius 3 is 2.20 bits per heavy atom. The van der Waals surface area contributed by atoms with Crippen molar-refractivity contribution in [3.05, 3.63) is 29.8 Å². The van der Waals surface area contributed by atoms with Gasteiger partial charge in [-0.1, -0.05) is 20.8 Å². The molecule has 0 saturated carbocycles. The summed E-state index contributed by atoms with van der Waals surface area (Å²) in [7, 11) is 0. The average Bonchev–Trinajstić information content (AvgIpc) is 2.46. The van der Waals surface area contributed by atoms with Crippen LogP contribution in [-0.2, 0) is 0 Å². The first-order valence-electron chi connectivity index (χ1n) is 7.19. The lowest BCUT2D eigenvalue weighted by Crippen LogP contribution is -2.25. The minimum atomic E-state index is 0. The predicted molar refractivity (Wildman–Crippen MR) is 86.2 cm³/mol. The number of carbonyl (C=O) groups excluding carboxylic acids is 1. The lowest BCUT2D eigenvalue weighted by molar-refractivity contribution is 0.0966. The zero-order chi connectivity index (χ0) is 14.1. The van der Waals surface area contributed by atoms with Crippen LogP contribution in [0.25, 0.3) is 0 Å². The molecule has 20 heavy (non-hydrogen) atoms. The number of halogens is 1. The van der Waals surface area contributed by atoms with Gasteiger partial charge in [-0.3, -0.25) is 4.79 Å². The molecule has 0 amide bonds. The smallest absolute Gasteiger partial charge is 0.164 e. The van der Waals surface area contributed by atoms with E-state index in [0.717, 1.165) is 44.0 Å². The molecule has 0 N–H and O–H groups in total. The Morgan fingerprint density at radius 1 is 1.10 bits per heavy atom. The highest BCUT2D eigenvalue weighted by molar-refractivity contribution is 5.96. The van der Waals surface area contributed by atoms with Crippen LogP contribution in [0.3, 0.4) is 0 Å². The van der Waals surface area contributed by atoms with Gasteiger partial charge in [0.05, 0.1) is 6.61 Å². The van der Waals surface area contributed by atoms with Crippen LogP contribution in [0.1, 0.15) is 44.0 Å². The molecule has 0 fully saturated rings. The molecule has 3 nitrogen and oxygen atoms in total. The van der Waals surface area contributed by atoms with E-state index in [2.05, 4.69) is 25.7 Å². The van der Waals surface area contributed by atoms with Crippen molar-refractivity contribution in [2.45, 2.75) is 33.6 Å². The van der Waals surface area contributed by atoms with E-state index in [4.69, 9.17) is 4.74 Å². The normalized spacial score (nSPS) is 10.2. The highest BCUT2D eigenvalue weighted by Gasteiger charge is 2.08. The van der Waals surface area contributed by atoms with Gasteiger partial charge in [0.15, 0.2) is 5.78 Å². The molecule has 1 aromatic carbocycles. The van der Waals surface area contributed by atoms with E-state index in [0.29, 0.717) is 6.42 Å². The Morgan fingerprint density at radius 2 is 1.70 bits per heavy atom. The van der Waals surface area contributed by atoms with Crippen molar-refractivity contribution < 1.29 is 9.53 Å². The molecule has 0 radical (unpaired) electrons. The van der Waals surface area contributed by atoms with E-state index in [1.807, 2.05) is 24.3 Å². The van der Waals surface area contributed by atoms with Crippen LogP contribution in [0.4, 0.5) is 0 Å². The van der Waals surface area contributed by atoms with Gasteiger partial charge in [-0.2, -0.15) is 0 Å². The van der Waals surface area contributed by atoms with Crippen molar-refractivity contribution in [2.24, 2.45) is 0 Å². The third-order valence-electron chi connectivity index (χ3n) is 3.20. The summed E-state index contributed by atoms with van der Waals surface area (Å²) in [5, 5.41) is 0. The van der Waals surface area contributed by atoms with Crippen LogP contribution in [0, 0.1) is 0 Å². The van der Waals surface area contributed by atoms with E-state index in [-0.39, 0.29) is 18.2 Å². The first-order valence-corrected chi connectivity index (χ1v) is 7.19. The molecule has 0 bridgehead atoms. The van der Waals surface area contributed by atoms with Crippen LogP contribution < -0.4 is 4.74 Å². The second-order valence-electron chi connectivity index (χ2n) is 4.57. The van der Waals surface area contributed by atoms with Gasteiger partial charge in [-0.15, -0.1) is 12.4 Å². The molecule has 4 heteroatoms. The number of hydrogen-bond donors (Lipinski definition) is 0. The number of nitrogens with zero attached hydrogens (tertiary/aromatic N) is 1. The molecular formula is C16H26ClNO2. The first kappa shape index (κ1) is 18.9. The van der Waals surface area contributed by atoms with Gasteiger partial charge in [0.2, 0.25) is 0 Å². The van der Waals surface area contributed by atoms with Gasteiger partial charge in [-0.05, 0) is 43.8 Å². The molecule has 1 rings (SSSR count). The minimum absolute atomic E-state index is 0. The molecule has 0 heterocycles. The maximum absolute atomic E-state index is 12.0. The van der Waals surface area contributed by atoms with Crippen molar-refractivity contribution in [3.8, 4) is 5.75 Å². The molecule has 0 aliphatic heterocycles. The first-order chi connectivity index (χ1) is 9.21. The fraction of sp³-hybridized carbons (Fsp3) is 0.562. The summed E-state index contributed by atoms with van der Waals surface area (Å²) >= 11 is 0. The van der Waals surface area contributed by atoms with Gasteiger partial charge in [0.25, 0.3) is 0 Å². The molecule has 0 aliphatic carbocycles. The van der Waals surface area contributed by atoms with Gasteiger partial charge >= 0.3 is 0 Å². The molecular weight excluding hydrogens is 274 g/mol. The Balaban J connectivity index is 0.00000361. The predicted octanol–water partition coefficient (Wildman–Crippen LogP) is 3.81. The third kappa shape index (κ3) is 6.40. The number of Topliss-reactive ketones (excluding diaryl/α,β-unsaturated/α-hetero) is 1. The fourth-order valence-electron chi connectivity index (χ4n) is 1.90. The molecule has 0 atom stereocenters. The average molecular weight is 300 g/mol. The second-order valence-corrected chi connectivity index (χ2v) is 4.57. The Labute approximate surface area is 128 Å².